The Hall–Kier alpha value is -5.80. The van der Waals surface area contributed by atoms with Crippen molar-refractivity contribution < 1.29 is 10.2 Å². The van der Waals surface area contributed by atoms with Crippen LogP contribution in [0.1, 0.15) is 33.4 Å². The van der Waals surface area contributed by atoms with E-state index in [1.54, 1.807) is 0 Å². The second-order valence-corrected chi connectivity index (χ2v) is 12.7. The van der Waals surface area contributed by atoms with E-state index in [4.69, 9.17) is 0 Å². The van der Waals surface area contributed by atoms with Gasteiger partial charge in [0, 0.05) is 11.1 Å². The third-order valence-corrected chi connectivity index (χ3v) is 10.2. The highest BCUT2D eigenvalue weighted by Crippen LogP contribution is 2.56. The Kier molecular flexibility index (Phi) is 6.45. The molecule has 1 aliphatic carbocycles. The van der Waals surface area contributed by atoms with E-state index in [-0.39, 0.29) is 0 Å². The van der Waals surface area contributed by atoms with Crippen molar-refractivity contribution in [2.45, 2.75) is 11.2 Å². The molecule has 0 atom stereocenters. The largest absolute Gasteiger partial charge is 0.376 e. The molecule has 2 heteroatoms. The lowest BCUT2D eigenvalue weighted by Crippen LogP contribution is -2.44. The Morgan fingerprint density at radius 1 is 0.250 bits per heavy atom. The zero-order valence-electron chi connectivity index (χ0n) is 26.2. The molecule has 0 fully saturated rings. The predicted octanol–water partition coefficient (Wildman–Crippen LogP) is 10.2. The minimum absolute atomic E-state index is 0.659. The first kappa shape index (κ1) is 28.4. The summed E-state index contributed by atoms with van der Waals surface area (Å²) in [6.07, 6.45) is 0. The summed E-state index contributed by atoms with van der Waals surface area (Å²) in [5, 5.41) is 31.4. The fourth-order valence-corrected chi connectivity index (χ4v) is 8.09. The number of hydrogen-bond acceptors (Lipinski definition) is 2. The third-order valence-electron chi connectivity index (χ3n) is 10.2. The molecule has 0 aromatic heterocycles. The number of aliphatic hydroxyl groups is 2. The van der Waals surface area contributed by atoms with Crippen LogP contribution in [0.4, 0.5) is 0 Å². The molecule has 0 spiro atoms. The van der Waals surface area contributed by atoms with Crippen molar-refractivity contribution in [1.82, 2.24) is 0 Å². The molecule has 0 heterocycles. The second-order valence-electron chi connectivity index (χ2n) is 12.7. The highest BCUT2D eigenvalue weighted by atomic mass is 16.3. The number of benzene rings is 8. The molecule has 8 aromatic carbocycles. The number of rotatable bonds is 4. The van der Waals surface area contributed by atoms with E-state index < -0.39 is 11.2 Å². The average molecular weight is 617 g/mol. The minimum Gasteiger partial charge on any atom is -0.376 e. The van der Waals surface area contributed by atoms with E-state index >= 15 is 0 Å². The Balaban J connectivity index is 1.34. The van der Waals surface area contributed by atoms with Gasteiger partial charge in [0.15, 0.2) is 0 Å². The van der Waals surface area contributed by atoms with Gasteiger partial charge in [-0.2, -0.15) is 0 Å². The van der Waals surface area contributed by atoms with Gasteiger partial charge >= 0.3 is 0 Å². The first-order chi connectivity index (χ1) is 23.6. The van der Waals surface area contributed by atoms with Crippen LogP contribution in [-0.2, 0) is 11.2 Å². The molecule has 1 aliphatic rings. The third kappa shape index (κ3) is 4.00. The average Bonchev–Trinajstić information content (AvgIpc) is 3.16. The van der Waals surface area contributed by atoms with Crippen molar-refractivity contribution in [3.8, 4) is 22.3 Å². The van der Waals surface area contributed by atoms with Crippen molar-refractivity contribution in [3.05, 3.63) is 215 Å². The smallest absolute Gasteiger partial charge is 0.141 e. The molecule has 0 saturated carbocycles. The molecule has 228 valence electrons. The lowest BCUT2D eigenvalue weighted by molar-refractivity contribution is 0.0754. The zero-order chi connectivity index (χ0) is 32.3. The van der Waals surface area contributed by atoms with E-state index in [0.29, 0.717) is 22.3 Å². The lowest BCUT2D eigenvalue weighted by atomic mass is 9.62. The van der Waals surface area contributed by atoms with Crippen LogP contribution in [-0.4, -0.2) is 10.2 Å². The van der Waals surface area contributed by atoms with Gasteiger partial charge in [-0.05, 0) is 66.1 Å². The normalized spacial score (nSPS) is 18.4. The molecular weight excluding hydrogens is 585 g/mol. The topological polar surface area (TPSA) is 40.5 Å². The molecule has 0 amide bonds. The summed E-state index contributed by atoms with van der Waals surface area (Å²) in [7, 11) is 0. The van der Waals surface area contributed by atoms with Crippen molar-refractivity contribution in [2.75, 3.05) is 0 Å². The maximum Gasteiger partial charge on any atom is 0.141 e. The SMILES string of the molecule is OC1(c2ccccc2-c2cccc3ccccc23)c2ccccc2C(O)(c2ccccc2-c2cccc3ccccc23)c2ccccc21. The van der Waals surface area contributed by atoms with E-state index in [1.165, 1.54) is 0 Å². The summed E-state index contributed by atoms with van der Waals surface area (Å²) in [4.78, 5) is 0. The fraction of sp³-hybridized carbons (Fsp3) is 0.0435. The molecule has 0 aliphatic heterocycles. The molecule has 0 saturated heterocycles. The Morgan fingerprint density at radius 3 is 0.917 bits per heavy atom. The van der Waals surface area contributed by atoms with Gasteiger partial charge in [0.2, 0.25) is 0 Å². The Bertz CT molecular complexity index is 2280. The molecule has 48 heavy (non-hydrogen) atoms. The van der Waals surface area contributed by atoms with Gasteiger partial charge in [0.25, 0.3) is 0 Å². The Morgan fingerprint density at radius 2 is 0.521 bits per heavy atom. The van der Waals surface area contributed by atoms with Gasteiger partial charge in [0.1, 0.15) is 11.2 Å². The van der Waals surface area contributed by atoms with Gasteiger partial charge in [-0.15, -0.1) is 0 Å². The van der Waals surface area contributed by atoms with Crippen LogP contribution in [0.3, 0.4) is 0 Å². The van der Waals surface area contributed by atoms with Crippen LogP contribution in [0.5, 0.6) is 0 Å². The van der Waals surface area contributed by atoms with E-state index in [0.717, 1.165) is 54.9 Å². The van der Waals surface area contributed by atoms with Crippen LogP contribution >= 0.6 is 0 Å². The van der Waals surface area contributed by atoms with E-state index in [1.807, 2.05) is 84.9 Å². The van der Waals surface area contributed by atoms with Crippen LogP contribution in [0, 0.1) is 0 Å². The molecule has 0 radical (unpaired) electrons. The van der Waals surface area contributed by atoms with Crippen molar-refractivity contribution >= 4 is 21.5 Å². The molecule has 9 rings (SSSR count). The number of hydrogen-bond donors (Lipinski definition) is 2. The maximum atomic E-state index is 13.5. The first-order valence-electron chi connectivity index (χ1n) is 16.4. The standard InChI is InChI=1S/C46H32O2/c47-45(39-25-7-5-21-37(39)35-23-13-17-31-15-1-3-19-33(31)35)41-27-9-11-29-43(41)46(48,44-30-12-10-28-42(44)45)40-26-8-6-22-38(40)36-24-14-18-32-16-2-4-20-34(32)36/h1-30,47-48H. The summed E-state index contributed by atoms with van der Waals surface area (Å²) in [5.41, 5.74) is 5.06. The van der Waals surface area contributed by atoms with Crippen LogP contribution in [0.15, 0.2) is 182 Å². The fourth-order valence-electron chi connectivity index (χ4n) is 8.09. The monoisotopic (exact) mass is 616 g/mol. The second kappa shape index (κ2) is 10.9. The van der Waals surface area contributed by atoms with E-state index in [9.17, 15) is 10.2 Å². The highest BCUT2D eigenvalue weighted by Gasteiger charge is 2.52. The van der Waals surface area contributed by atoms with Crippen molar-refractivity contribution in [3.63, 3.8) is 0 Å². The first-order valence-corrected chi connectivity index (χ1v) is 16.4. The van der Waals surface area contributed by atoms with Crippen LogP contribution in [0.2, 0.25) is 0 Å². The molecule has 0 bridgehead atoms. The summed E-state index contributed by atoms with van der Waals surface area (Å²) in [6.45, 7) is 0. The van der Waals surface area contributed by atoms with Gasteiger partial charge < -0.3 is 10.2 Å². The molecule has 0 unspecified atom stereocenters. The number of fused-ring (bicyclic) bond motifs is 4. The van der Waals surface area contributed by atoms with Crippen LogP contribution in [0.25, 0.3) is 43.8 Å². The molecule has 2 N–H and O–H groups in total. The van der Waals surface area contributed by atoms with Gasteiger partial charge in [-0.1, -0.05) is 182 Å². The summed E-state index contributed by atoms with van der Waals surface area (Å²) >= 11 is 0. The summed E-state index contributed by atoms with van der Waals surface area (Å²) < 4.78 is 0. The maximum absolute atomic E-state index is 13.5. The summed E-state index contributed by atoms with van der Waals surface area (Å²) in [5.74, 6) is 0. The predicted molar refractivity (Wildman–Crippen MR) is 196 cm³/mol. The summed E-state index contributed by atoms with van der Waals surface area (Å²) in [6, 6.07) is 61.3. The Labute approximate surface area is 279 Å². The quantitative estimate of drug-likeness (QED) is 0.207. The van der Waals surface area contributed by atoms with Gasteiger partial charge in [0.05, 0.1) is 0 Å². The highest BCUT2D eigenvalue weighted by molar-refractivity contribution is 5.99. The minimum atomic E-state index is -1.55. The molecule has 2 nitrogen and oxygen atoms in total. The molecular formula is C46H32O2. The van der Waals surface area contributed by atoms with Crippen molar-refractivity contribution in [2.24, 2.45) is 0 Å². The van der Waals surface area contributed by atoms with Crippen molar-refractivity contribution in [1.29, 1.82) is 0 Å². The van der Waals surface area contributed by atoms with Crippen LogP contribution < -0.4 is 0 Å². The zero-order valence-corrected chi connectivity index (χ0v) is 26.2. The molecule has 8 aromatic rings. The van der Waals surface area contributed by atoms with Gasteiger partial charge in [-0.25, -0.2) is 0 Å². The lowest BCUT2D eigenvalue weighted by Gasteiger charge is -2.46. The van der Waals surface area contributed by atoms with Gasteiger partial charge in [-0.3, -0.25) is 0 Å². The van der Waals surface area contributed by atoms with E-state index in [2.05, 4.69) is 97.1 Å².